The van der Waals surface area contributed by atoms with Gasteiger partial charge in [-0.15, -0.1) is 0 Å². The molecule has 0 atom stereocenters. The van der Waals surface area contributed by atoms with Crippen LogP contribution in [-0.4, -0.2) is 10.1 Å². The highest BCUT2D eigenvalue weighted by molar-refractivity contribution is 5.93. The van der Waals surface area contributed by atoms with E-state index in [2.05, 4.69) is 10.3 Å². The van der Waals surface area contributed by atoms with Gasteiger partial charge in [-0.2, -0.15) is 0 Å². The van der Waals surface area contributed by atoms with Gasteiger partial charge in [0.15, 0.2) is 11.6 Å². The number of aromatic hydroxyl groups is 1. The maximum atomic E-state index is 13.3. The van der Waals surface area contributed by atoms with Crippen molar-refractivity contribution in [2.75, 3.05) is 5.32 Å². The summed E-state index contributed by atoms with van der Waals surface area (Å²) in [5.74, 6) is -0.913. The first-order chi connectivity index (χ1) is 10.2. The lowest BCUT2D eigenvalue weighted by Gasteiger charge is -2.12. The molecule has 0 aliphatic heterocycles. The zero-order chi connectivity index (χ0) is 14.8. The Morgan fingerprint density at radius 3 is 2.86 bits per heavy atom. The number of phenolic OH excluding ortho intramolecular Hbond substituents is 1. The van der Waals surface area contributed by atoms with E-state index in [1.165, 1.54) is 6.07 Å². The van der Waals surface area contributed by atoms with Gasteiger partial charge < -0.3 is 10.4 Å². The van der Waals surface area contributed by atoms with Crippen molar-refractivity contribution in [2.24, 2.45) is 0 Å². The molecular weight excluding hydrogens is 267 g/mol. The third kappa shape index (κ3) is 2.52. The van der Waals surface area contributed by atoms with E-state index in [1.54, 1.807) is 18.3 Å². The Hall–Kier alpha value is -2.62. The van der Waals surface area contributed by atoms with Crippen molar-refractivity contribution in [3.8, 4) is 5.75 Å². The first-order valence-corrected chi connectivity index (χ1v) is 6.71. The van der Waals surface area contributed by atoms with Crippen LogP contribution in [0.5, 0.6) is 5.75 Å². The quantitative estimate of drug-likeness (QED) is 0.763. The highest BCUT2D eigenvalue weighted by atomic mass is 19.1. The number of nitrogens with one attached hydrogen (secondary N) is 1. The minimum Gasteiger partial charge on any atom is -0.505 e. The van der Waals surface area contributed by atoms with E-state index in [0.717, 1.165) is 22.2 Å². The number of halogens is 1. The molecule has 0 fully saturated rings. The van der Waals surface area contributed by atoms with Crippen LogP contribution in [0.4, 0.5) is 10.1 Å². The molecular formula is C17H15FN2O. The first-order valence-electron chi connectivity index (χ1n) is 6.71. The van der Waals surface area contributed by atoms with Gasteiger partial charge in [-0.1, -0.05) is 18.2 Å². The summed E-state index contributed by atoms with van der Waals surface area (Å²) >= 11 is 0. The first kappa shape index (κ1) is 13.4. The number of rotatable bonds is 3. The number of aryl methyl sites for hydroxylation is 1. The van der Waals surface area contributed by atoms with Gasteiger partial charge >= 0.3 is 0 Å². The molecule has 106 valence electrons. The summed E-state index contributed by atoms with van der Waals surface area (Å²) < 4.78 is 13.3. The van der Waals surface area contributed by atoms with E-state index < -0.39 is 5.82 Å². The fraction of sp³-hybridized carbons (Fsp3) is 0.118. The molecule has 0 unspecified atom stereocenters. The Kier molecular flexibility index (Phi) is 3.44. The highest BCUT2D eigenvalue weighted by Gasteiger charge is 2.08. The number of nitrogens with zero attached hydrogens (tertiary/aromatic N) is 1. The molecule has 0 aliphatic rings. The number of anilines is 1. The molecule has 1 aromatic heterocycles. The summed E-state index contributed by atoms with van der Waals surface area (Å²) in [6.45, 7) is 2.36. The van der Waals surface area contributed by atoms with Crippen LogP contribution in [0, 0.1) is 12.7 Å². The zero-order valence-corrected chi connectivity index (χ0v) is 11.6. The van der Waals surface area contributed by atoms with Gasteiger partial charge in [-0.05, 0) is 36.8 Å². The Morgan fingerprint density at radius 2 is 2.00 bits per heavy atom. The molecule has 0 radical (unpaired) electrons. The van der Waals surface area contributed by atoms with Crippen LogP contribution in [-0.2, 0) is 6.54 Å². The van der Waals surface area contributed by atoms with Crippen molar-refractivity contribution in [3.63, 3.8) is 0 Å². The lowest BCUT2D eigenvalue weighted by molar-refractivity contribution is 0.427. The second-order valence-electron chi connectivity index (χ2n) is 4.93. The lowest BCUT2D eigenvalue weighted by Crippen LogP contribution is -2.01. The minimum atomic E-state index is -0.607. The Morgan fingerprint density at radius 1 is 1.14 bits per heavy atom. The average molecular weight is 282 g/mol. The molecule has 0 bridgehead atoms. The van der Waals surface area contributed by atoms with E-state index in [-0.39, 0.29) is 5.75 Å². The lowest BCUT2D eigenvalue weighted by atomic mass is 10.1. The second-order valence-corrected chi connectivity index (χ2v) is 4.93. The van der Waals surface area contributed by atoms with Gasteiger partial charge in [-0.25, -0.2) is 4.39 Å². The summed E-state index contributed by atoms with van der Waals surface area (Å²) in [5, 5.41) is 13.9. The molecule has 1 heterocycles. The van der Waals surface area contributed by atoms with Crippen LogP contribution in [0.3, 0.4) is 0 Å². The topological polar surface area (TPSA) is 45.1 Å². The number of para-hydroxylation sites is 1. The fourth-order valence-corrected chi connectivity index (χ4v) is 2.36. The predicted molar refractivity (Wildman–Crippen MR) is 81.9 cm³/mol. The third-order valence-corrected chi connectivity index (χ3v) is 3.51. The van der Waals surface area contributed by atoms with Crippen LogP contribution >= 0.6 is 0 Å². The summed E-state index contributed by atoms with van der Waals surface area (Å²) in [5.41, 5.74) is 3.47. The van der Waals surface area contributed by atoms with Crippen molar-refractivity contribution in [2.45, 2.75) is 13.5 Å². The zero-order valence-electron chi connectivity index (χ0n) is 11.6. The van der Waals surface area contributed by atoms with Crippen molar-refractivity contribution in [1.82, 2.24) is 4.98 Å². The van der Waals surface area contributed by atoms with Crippen molar-refractivity contribution in [1.29, 1.82) is 0 Å². The van der Waals surface area contributed by atoms with E-state index in [9.17, 15) is 9.50 Å². The Bertz CT molecular complexity index is 802. The van der Waals surface area contributed by atoms with Gasteiger partial charge in [0.05, 0.1) is 5.52 Å². The van der Waals surface area contributed by atoms with Crippen LogP contribution in [0.1, 0.15) is 11.1 Å². The molecule has 21 heavy (non-hydrogen) atoms. The molecule has 4 heteroatoms. The van der Waals surface area contributed by atoms with Gasteiger partial charge in [0.1, 0.15) is 0 Å². The molecule has 3 aromatic rings. The molecule has 0 aliphatic carbocycles. The Balaban J connectivity index is 1.92. The molecule has 3 nitrogen and oxygen atoms in total. The second kappa shape index (κ2) is 5.40. The average Bonchev–Trinajstić information content (AvgIpc) is 2.51. The third-order valence-electron chi connectivity index (χ3n) is 3.51. The largest absolute Gasteiger partial charge is 0.505 e. The highest BCUT2D eigenvalue weighted by Crippen LogP contribution is 2.26. The minimum absolute atomic E-state index is 0.306. The Labute approximate surface area is 122 Å². The number of phenols is 1. The summed E-state index contributed by atoms with van der Waals surface area (Å²) in [7, 11) is 0. The van der Waals surface area contributed by atoms with E-state index in [1.807, 2.05) is 31.2 Å². The van der Waals surface area contributed by atoms with Gasteiger partial charge in [0, 0.05) is 29.4 Å². The number of hydrogen-bond donors (Lipinski definition) is 2. The molecule has 0 amide bonds. The standard InChI is InChI=1S/C17H15FN2O/c1-11-7-8-15(13-5-3-9-19-16(11)13)20-10-12-4-2-6-14(18)17(12)21/h2-9,20-21H,10H2,1H3. The summed E-state index contributed by atoms with van der Waals surface area (Å²) in [6.07, 6.45) is 1.76. The van der Waals surface area contributed by atoms with Gasteiger partial charge in [0.25, 0.3) is 0 Å². The number of benzene rings is 2. The van der Waals surface area contributed by atoms with Crippen molar-refractivity contribution in [3.05, 3.63) is 65.6 Å². The maximum absolute atomic E-state index is 13.3. The smallest absolute Gasteiger partial charge is 0.165 e. The van der Waals surface area contributed by atoms with Crippen LogP contribution in [0.15, 0.2) is 48.7 Å². The van der Waals surface area contributed by atoms with Crippen LogP contribution in [0.25, 0.3) is 10.9 Å². The predicted octanol–water partition coefficient (Wildman–Crippen LogP) is 4.00. The monoisotopic (exact) mass is 282 g/mol. The molecule has 0 saturated carbocycles. The molecule has 3 rings (SSSR count). The van der Waals surface area contributed by atoms with E-state index >= 15 is 0 Å². The molecule has 2 N–H and O–H groups in total. The van der Waals surface area contributed by atoms with Gasteiger partial charge in [-0.3, -0.25) is 4.98 Å². The van der Waals surface area contributed by atoms with Crippen LogP contribution < -0.4 is 5.32 Å². The summed E-state index contributed by atoms with van der Waals surface area (Å²) in [4.78, 5) is 4.38. The normalized spacial score (nSPS) is 10.8. The molecule has 0 spiro atoms. The number of fused-ring (bicyclic) bond motifs is 1. The maximum Gasteiger partial charge on any atom is 0.165 e. The fourth-order valence-electron chi connectivity index (χ4n) is 2.36. The summed E-state index contributed by atoms with van der Waals surface area (Å²) in [6, 6.07) is 12.3. The van der Waals surface area contributed by atoms with E-state index in [0.29, 0.717) is 12.1 Å². The SMILES string of the molecule is Cc1ccc(NCc2cccc(F)c2O)c2cccnc12. The molecule has 0 saturated heterocycles. The van der Waals surface area contributed by atoms with Gasteiger partial charge in [0.2, 0.25) is 0 Å². The number of hydrogen-bond acceptors (Lipinski definition) is 3. The molecule has 2 aromatic carbocycles. The number of aromatic nitrogens is 1. The van der Waals surface area contributed by atoms with E-state index in [4.69, 9.17) is 0 Å². The van der Waals surface area contributed by atoms with Crippen molar-refractivity contribution < 1.29 is 9.50 Å². The van der Waals surface area contributed by atoms with Crippen molar-refractivity contribution >= 4 is 16.6 Å². The van der Waals surface area contributed by atoms with Crippen LogP contribution in [0.2, 0.25) is 0 Å². The number of pyridine rings is 1.